The Balaban J connectivity index is 1.96. The standard InChI is InChI=1S/C21H18ClNO3S/c1-27(25,26)19-12-6-10-17(14-19)21(24)23-20(15-7-3-2-4-8-15)16-9-5-11-18(22)13-16/h2-14,20H,1H3,(H,23,24). The number of hydrogen-bond donors (Lipinski definition) is 1. The molecule has 0 aliphatic heterocycles. The minimum Gasteiger partial charge on any atom is -0.341 e. The molecule has 3 aromatic rings. The predicted molar refractivity (Wildman–Crippen MR) is 107 cm³/mol. The van der Waals surface area contributed by atoms with E-state index < -0.39 is 15.9 Å². The van der Waals surface area contributed by atoms with Crippen LogP contribution in [0.3, 0.4) is 0 Å². The highest BCUT2D eigenvalue weighted by Gasteiger charge is 2.19. The Labute approximate surface area is 163 Å². The summed E-state index contributed by atoms with van der Waals surface area (Å²) in [6, 6.07) is 22.4. The Morgan fingerprint density at radius 1 is 0.889 bits per heavy atom. The van der Waals surface area contributed by atoms with Crippen LogP contribution in [0.15, 0.2) is 83.8 Å². The lowest BCUT2D eigenvalue weighted by Crippen LogP contribution is -2.29. The molecule has 0 saturated carbocycles. The van der Waals surface area contributed by atoms with Gasteiger partial charge in [0, 0.05) is 16.8 Å². The lowest BCUT2D eigenvalue weighted by atomic mass is 9.98. The molecule has 0 heterocycles. The van der Waals surface area contributed by atoms with E-state index in [1.54, 1.807) is 24.3 Å². The van der Waals surface area contributed by atoms with E-state index in [4.69, 9.17) is 11.6 Å². The minimum atomic E-state index is -3.39. The molecule has 0 aromatic heterocycles. The molecule has 27 heavy (non-hydrogen) atoms. The first-order valence-electron chi connectivity index (χ1n) is 8.26. The molecule has 6 heteroatoms. The quantitative estimate of drug-likeness (QED) is 0.697. The Bertz CT molecular complexity index is 1070. The third-order valence-corrected chi connectivity index (χ3v) is 5.46. The molecule has 0 saturated heterocycles. The van der Waals surface area contributed by atoms with E-state index in [1.807, 2.05) is 42.5 Å². The zero-order valence-corrected chi connectivity index (χ0v) is 16.2. The number of halogens is 1. The van der Waals surface area contributed by atoms with Gasteiger partial charge in [-0.15, -0.1) is 0 Å². The van der Waals surface area contributed by atoms with Gasteiger partial charge in [-0.25, -0.2) is 8.42 Å². The molecule has 1 atom stereocenters. The van der Waals surface area contributed by atoms with Gasteiger partial charge >= 0.3 is 0 Å². The van der Waals surface area contributed by atoms with Crippen molar-refractivity contribution < 1.29 is 13.2 Å². The van der Waals surface area contributed by atoms with Gasteiger partial charge < -0.3 is 5.32 Å². The van der Waals surface area contributed by atoms with E-state index in [2.05, 4.69) is 5.32 Å². The van der Waals surface area contributed by atoms with Crippen molar-refractivity contribution in [3.8, 4) is 0 Å². The Kier molecular flexibility index (Phi) is 5.63. The van der Waals surface area contributed by atoms with Crippen molar-refractivity contribution in [2.45, 2.75) is 10.9 Å². The highest BCUT2D eigenvalue weighted by Crippen LogP contribution is 2.25. The van der Waals surface area contributed by atoms with Crippen molar-refractivity contribution in [2.24, 2.45) is 0 Å². The van der Waals surface area contributed by atoms with Gasteiger partial charge in [0.05, 0.1) is 10.9 Å². The van der Waals surface area contributed by atoms with Crippen LogP contribution < -0.4 is 5.32 Å². The molecule has 3 aromatic carbocycles. The summed E-state index contributed by atoms with van der Waals surface area (Å²) >= 11 is 6.12. The number of benzene rings is 3. The number of carbonyl (C=O) groups is 1. The predicted octanol–water partition coefficient (Wildman–Crippen LogP) is 4.26. The fourth-order valence-electron chi connectivity index (χ4n) is 2.77. The molecule has 0 radical (unpaired) electrons. The van der Waals surface area contributed by atoms with Crippen molar-refractivity contribution >= 4 is 27.3 Å². The Morgan fingerprint density at radius 3 is 2.22 bits per heavy atom. The first-order chi connectivity index (χ1) is 12.8. The number of rotatable bonds is 5. The van der Waals surface area contributed by atoms with Gasteiger partial charge in [-0.1, -0.05) is 60.1 Å². The largest absolute Gasteiger partial charge is 0.341 e. The smallest absolute Gasteiger partial charge is 0.252 e. The highest BCUT2D eigenvalue weighted by atomic mass is 35.5. The van der Waals surface area contributed by atoms with Crippen molar-refractivity contribution in [2.75, 3.05) is 6.26 Å². The molecular weight excluding hydrogens is 382 g/mol. The van der Waals surface area contributed by atoms with E-state index in [0.717, 1.165) is 17.4 Å². The van der Waals surface area contributed by atoms with Crippen LogP contribution in [0, 0.1) is 0 Å². The molecule has 0 aliphatic carbocycles. The van der Waals surface area contributed by atoms with Crippen LogP contribution in [0.25, 0.3) is 0 Å². The van der Waals surface area contributed by atoms with Crippen LogP contribution in [0.4, 0.5) is 0 Å². The first-order valence-corrected chi connectivity index (χ1v) is 10.5. The number of nitrogens with one attached hydrogen (secondary N) is 1. The number of carbonyl (C=O) groups excluding carboxylic acids is 1. The van der Waals surface area contributed by atoms with E-state index in [0.29, 0.717) is 5.02 Å². The third-order valence-electron chi connectivity index (χ3n) is 4.11. The second kappa shape index (κ2) is 7.94. The molecule has 1 unspecified atom stereocenters. The molecular formula is C21H18ClNO3S. The molecule has 138 valence electrons. The molecule has 4 nitrogen and oxygen atoms in total. The molecule has 0 fully saturated rings. The van der Waals surface area contributed by atoms with E-state index in [1.165, 1.54) is 12.1 Å². The van der Waals surface area contributed by atoms with Gasteiger partial charge in [0.1, 0.15) is 0 Å². The summed E-state index contributed by atoms with van der Waals surface area (Å²) in [6.07, 6.45) is 1.11. The monoisotopic (exact) mass is 399 g/mol. The fraction of sp³-hybridized carbons (Fsp3) is 0.0952. The third kappa shape index (κ3) is 4.76. The maximum atomic E-state index is 12.8. The van der Waals surface area contributed by atoms with Crippen LogP contribution in [-0.4, -0.2) is 20.6 Å². The van der Waals surface area contributed by atoms with Crippen LogP contribution in [0.5, 0.6) is 0 Å². The van der Waals surface area contributed by atoms with Crippen molar-refractivity contribution in [3.63, 3.8) is 0 Å². The summed E-state index contributed by atoms with van der Waals surface area (Å²) < 4.78 is 23.5. The number of sulfone groups is 1. The summed E-state index contributed by atoms with van der Waals surface area (Å²) in [5, 5.41) is 3.55. The van der Waals surface area contributed by atoms with Gasteiger partial charge in [-0.3, -0.25) is 4.79 Å². The topological polar surface area (TPSA) is 63.2 Å². The van der Waals surface area contributed by atoms with Gasteiger partial charge in [0.15, 0.2) is 9.84 Å². The van der Waals surface area contributed by atoms with Gasteiger partial charge in [-0.2, -0.15) is 0 Å². The van der Waals surface area contributed by atoms with E-state index in [-0.39, 0.29) is 16.4 Å². The summed E-state index contributed by atoms with van der Waals surface area (Å²) in [5.41, 5.74) is 2.01. The first kappa shape index (κ1) is 19.1. The molecule has 0 aliphatic rings. The highest BCUT2D eigenvalue weighted by molar-refractivity contribution is 7.90. The Hall–Kier alpha value is -2.63. The maximum absolute atomic E-state index is 12.8. The number of hydrogen-bond acceptors (Lipinski definition) is 3. The van der Waals surface area contributed by atoms with Gasteiger partial charge in [0.25, 0.3) is 5.91 Å². The molecule has 0 bridgehead atoms. The molecule has 3 rings (SSSR count). The van der Waals surface area contributed by atoms with Crippen molar-refractivity contribution in [1.29, 1.82) is 0 Å². The van der Waals surface area contributed by atoms with Crippen LogP contribution in [0.2, 0.25) is 5.02 Å². The second-order valence-corrected chi connectivity index (χ2v) is 8.62. The van der Waals surface area contributed by atoms with E-state index >= 15 is 0 Å². The Morgan fingerprint density at radius 2 is 1.56 bits per heavy atom. The van der Waals surface area contributed by atoms with Crippen molar-refractivity contribution in [1.82, 2.24) is 5.32 Å². The average Bonchev–Trinajstić information content (AvgIpc) is 2.66. The van der Waals surface area contributed by atoms with Crippen LogP contribution in [0.1, 0.15) is 27.5 Å². The molecule has 0 spiro atoms. The summed E-state index contributed by atoms with van der Waals surface area (Å²) in [6.45, 7) is 0. The maximum Gasteiger partial charge on any atom is 0.252 e. The molecule has 1 N–H and O–H groups in total. The lowest BCUT2D eigenvalue weighted by Gasteiger charge is -2.20. The van der Waals surface area contributed by atoms with Gasteiger partial charge in [-0.05, 0) is 41.5 Å². The number of amides is 1. The average molecular weight is 400 g/mol. The summed E-state index contributed by atoms with van der Waals surface area (Å²) in [4.78, 5) is 12.9. The second-order valence-electron chi connectivity index (χ2n) is 6.17. The molecule has 1 amide bonds. The minimum absolute atomic E-state index is 0.106. The summed E-state index contributed by atoms with van der Waals surface area (Å²) in [7, 11) is -3.39. The van der Waals surface area contributed by atoms with Crippen LogP contribution in [-0.2, 0) is 9.84 Å². The summed E-state index contributed by atoms with van der Waals surface area (Å²) in [5.74, 6) is -0.366. The SMILES string of the molecule is CS(=O)(=O)c1cccc(C(=O)NC(c2ccccc2)c2cccc(Cl)c2)c1. The zero-order chi connectivity index (χ0) is 19.4. The van der Waals surface area contributed by atoms with Crippen LogP contribution >= 0.6 is 11.6 Å². The van der Waals surface area contributed by atoms with Gasteiger partial charge in [0.2, 0.25) is 0 Å². The van der Waals surface area contributed by atoms with E-state index in [9.17, 15) is 13.2 Å². The fourth-order valence-corrected chi connectivity index (χ4v) is 3.64. The van der Waals surface area contributed by atoms with Crippen molar-refractivity contribution in [3.05, 3.63) is 101 Å². The lowest BCUT2D eigenvalue weighted by molar-refractivity contribution is 0.0942. The zero-order valence-electron chi connectivity index (χ0n) is 14.6. The normalized spacial score (nSPS) is 12.4.